The number of nitrogen functional groups attached to an aromatic ring is 1. The molecule has 0 saturated heterocycles. The summed E-state index contributed by atoms with van der Waals surface area (Å²) in [4.78, 5) is 14.1. The van der Waals surface area contributed by atoms with Crippen LogP contribution in [0.3, 0.4) is 0 Å². The van der Waals surface area contributed by atoms with Crippen LogP contribution in [0.2, 0.25) is 0 Å². The van der Waals surface area contributed by atoms with E-state index >= 15 is 0 Å². The van der Waals surface area contributed by atoms with E-state index in [1.54, 1.807) is 0 Å². The van der Waals surface area contributed by atoms with Crippen molar-refractivity contribution in [2.24, 2.45) is 0 Å². The molecule has 2 rings (SSSR count). The molecular weight excluding hydrogens is 310 g/mol. The number of nitrogens with two attached hydrogens (primary N) is 1. The maximum Gasteiger partial charge on any atom is 0.311 e. The largest absolute Gasteiger partial charge is 0.387 e. The Morgan fingerprint density at radius 3 is 2.58 bits per heavy atom. The number of hydrogen-bond acceptors (Lipinski definition) is 7. The van der Waals surface area contributed by atoms with Gasteiger partial charge in [-0.1, -0.05) is 30.3 Å². The fraction of sp³-hybridized carbons (Fsp3) is 0.312. The molecule has 0 aliphatic carbocycles. The van der Waals surface area contributed by atoms with Gasteiger partial charge in [0.15, 0.2) is 0 Å². The molecule has 0 saturated carbocycles. The Kier molecular flexibility index (Phi) is 6.05. The van der Waals surface area contributed by atoms with Crippen molar-refractivity contribution in [2.75, 3.05) is 24.1 Å². The molecule has 8 nitrogen and oxygen atoms in total. The van der Waals surface area contributed by atoms with E-state index in [1.165, 1.54) is 12.1 Å². The molecule has 2 atom stereocenters. The zero-order valence-corrected chi connectivity index (χ0v) is 13.3. The summed E-state index contributed by atoms with van der Waals surface area (Å²) in [6.45, 7) is 3.03. The minimum Gasteiger partial charge on any atom is -0.387 e. The lowest BCUT2D eigenvalue weighted by atomic mass is 10.0. The molecule has 0 spiro atoms. The van der Waals surface area contributed by atoms with Crippen LogP contribution in [0.5, 0.6) is 0 Å². The molecule has 0 amide bonds. The van der Waals surface area contributed by atoms with Crippen molar-refractivity contribution in [3.05, 3.63) is 58.1 Å². The second-order valence-electron chi connectivity index (χ2n) is 5.38. The van der Waals surface area contributed by atoms with Crippen LogP contribution in [0.25, 0.3) is 0 Å². The van der Waals surface area contributed by atoms with Gasteiger partial charge in [0.2, 0.25) is 5.82 Å². The second kappa shape index (κ2) is 8.23. The summed E-state index contributed by atoms with van der Waals surface area (Å²) in [6.07, 6.45) is -0.598. The predicted octanol–water partition coefficient (Wildman–Crippen LogP) is 1.70. The highest BCUT2D eigenvalue weighted by molar-refractivity contribution is 5.57. The first-order chi connectivity index (χ1) is 11.5. The summed E-state index contributed by atoms with van der Waals surface area (Å²) in [5, 5.41) is 27.2. The molecule has 0 radical (unpaired) electrons. The number of rotatable bonds is 8. The number of pyridine rings is 1. The highest BCUT2D eigenvalue weighted by atomic mass is 16.6. The summed E-state index contributed by atoms with van der Waals surface area (Å²) in [6, 6.07) is 12.1. The first-order valence-corrected chi connectivity index (χ1v) is 7.60. The Bertz CT molecular complexity index is 681. The van der Waals surface area contributed by atoms with Gasteiger partial charge >= 0.3 is 5.69 Å². The third-order valence-electron chi connectivity index (χ3n) is 3.61. The molecule has 24 heavy (non-hydrogen) atoms. The molecule has 0 aliphatic rings. The van der Waals surface area contributed by atoms with E-state index in [2.05, 4.69) is 15.6 Å². The molecule has 128 valence electrons. The van der Waals surface area contributed by atoms with Crippen LogP contribution in [0.4, 0.5) is 17.3 Å². The quantitative estimate of drug-likeness (QED) is 0.329. The first kappa shape index (κ1) is 17.6. The Morgan fingerprint density at radius 2 is 1.96 bits per heavy atom. The van der Waals surface area contributed by atoms with Gasteiger partial charge in [-0.05, 0) is 18.6 Å². The molecule has 0 fully saturated rings. The molecule has 5 N–H and O–H groups in total. The van der Waals surface area contributed by atoms with E-state index in [0.29, 0.717) is 18.9 Å². The van der Waals surface area contributed by atoms with Gasteiger partial charge in [-0.3, -0.25) is 10.1 Å². The van der Waals surface area contributed by atoms with Crippen molar-refractivity contribution < 1.29 is 10.0 Å². The van der Waals surface area contributed by atoms with Gasteiger partial charge in [0.25, 0.3) is 0 Å². The number of aliphatic hydroxyl groups is 1. The lowest BCUT2D eigenvalue weighted by Gasteiger charge is -2.20. The zero-order valence-electron chi connectivity index (χ0n) is 13.3. The van der Waals surface area contributed by atoms with Crippen molar-refractivity contribution in [2.45, 2.75) is 19.1 Å². The van der Waals surface area contributed by atoms with E-state index in [0.717, 1.165) is 5.56 Å². The average molecular weight is 331 g/mol. The number of nitrogens with zero attached hydrogens (tertiary/aromatic N) is 2. The maximum absolute atomic E-state index is 10.7. The Hall–Kier alpha value is -2.71. The van der Waals surface area contributed by atoms with Crippen LogP contribution in [0.1, 0.15) is 18.6 Å². The van der Waals surface area contributed by atoms with E-state index in [9.17, 15) is 15.2 Å². The molecule has 2 unspecified atom stereocenters. The predicted molar refractivity (Wildman–Crippen MR) is 92.7 cm³/mol. The Morgan fingerprint density at radius 1 is 1.25 bits per heavy atom. The van der Waals surface area contributed by atoms with Gasteiger partial charge in [-0.2, -0.15) is 0 Å². The number of hydrogen-bond donors (Lipinski definition) is 4. The Balaban J connectivity index is 1.78. The average Bonchev–Trinajstić information content (AvgIpc) is 2.58. The van der Waals surface area contributed by atoms with Gasteiger partial charge in [0.1, 0.15) is 5.82 Å². The van der Waals surface area contributed by atoms with Gasteiger partial charge in [0, 0.05) is 25.2 Å². The van der Waals surface area contributed by atoms with Crippen molar-refractivity contribution in [1.29, 1.82) is 0 Å². The molecular formula is C16H21N5O3. The van der Waals surface area contributed by atoms with Crippen LogP contribution in [-0.4, -0.2) is 34.1 Å². The monoisotopic (exact) mass is 331 g/mol. The molecule has 8 heteroatoms. The number of anilines is 2. The van der Waals surface area contributed by atoms with E-state index in [4.69, 9.17) is 5.73 Å². The minimum absolute atomic E-state index is 0.120. The van der Waals surface area contributed by atoms with Gasteiger partial charge in [0.05, 0.1) is 11.0 Å². The molecule has 1 heterocycles. The van der Waals surface area contributed by atoms with Crippen LogP contribution in [0.15, 0.2) is 42.5 Å². The summed E-state index contributed by atoms with van der Waals surface area (Å²) >= 11 is 0. The van der Waals surface area contributed by atoms with Crippen LogP contribution in [0, 0.1) is 10.1 Å². The molecule has 0 aliphatic heterocycles. The van der Waals surface area contributed by atoms with Crippen molar-refractivity contribution in [3.63, 3.8) is 0 Å². The summed E-state index contributed by atoms with van der Waals surface area (Å²) in [7, 11) is 0. The number of nitro groups is 1. The number of nitrogens with one attached hydrogen (secondary N) is 2. The number of aliphatic hydroxyl groups excluding tert-OH is 1. The SMILES string of the molecule is CC(NCCNc1ccc([N+](=O)[O-])c(N)n1)C(O)c1ccccc1. The minimum atomic E-state index is -0.598. The molecule has 1 aromatic heterocycles. The first-order valence-electron chi connectivity index (χ1n) is 7.60. The summed E-state index contributed by atoms with van der Waals surface area (Å²) in [5.74, 6) is 0.349. The highest BCUT2D eigenvalue weighted by Crippen LogP contribution is 2.20. The topological polar surface area (TPSA) is 126 Å². The van der Waals surface area contributed by atoms with Gasteiger partial charge in [-0.25, -0.2) is 4.98 Å². The van der Waals surface area contributed by atoms with Crippen LogP contribution >= 0.6 is 0 Å². The van der Waals surface area contributed by atoms with E-state index in [1.807, 2.05) is 37.3 Å². The fourth-order valence-corrected chi connectivity index (χ4v) is 2.26. The van der Waals surface area contributed by atoms with E-state index in [-0.39, 0.29) is 17.5 Å². The smallest absolute Gasteiger partial charge is 0.311 e. The maximum atomic E-state index is 10.7. The van der Waals surface area contributed by atoms with Crippen molar-refractivity contribution >= 4 is 17.3 Å². The molecule has 0 bridgehead atoms. The molecule has 2 aromatic rings. The van der Waals surface area contributed by atoms with Crippen molar-refractivity contribution in [3.8, 4) is 0 Å². The zero-order chi connectivity index (χ0) is 17.5. The number of benzene rings is 1. The van der Waals surface area contributed by atoms with Gasteiger partial charge in [-0.15, -0.1) is 0 Å². The third kappa shape index (κ3) is 4.64. The highest BCUT2D eigenvalue weighted by Gasteiger charge is 2.15. The van der Waals surface area contributed by atoms with E-state index < -0.39 is 11.0 Å². The molecule has 1 aromatic carbocycles. The number of aromatic nitrogens is 1. The van der Waals surface area contributed by atoms with Crippen LogP contribution < -0.4 is 16.4 Å². The van der Waals surface area contributed by atoms with Crippen LogP contribution in [-0.2, 0) is 0 Å². The summed E-state index contributed by atoms with van der Waals surface area (Å²) in [5.41, 5.74) is 6.18. The van der Waals surface area contributed by atoms with Crippen molar-refractivity contribution in [1.82, 2.24) is 10.3 Å². The second-order valence-corrected chi connectivity index (χ2v) is 5.38. The normalized spacial score (nSPS) is 13.2. The Labute approximate surface area is 139 Å². The fourth-order valence-electron chi connectivity index (χ4n) is 2.26. The standard InChI is InChI=1S/C16H21N5O3/c1-11(15(22)12-5-3-2-4-6-12)18-9-10-19-14-8-7-13(21(23)24)16(17)20-14/h2-8,11,15,18,22H,9-10H2,1H3,(H3,17,19,20). The van der Waals surface area contributed by atoms with Gasteiger partial charge < -0.3 is 21.5 Å². The lowest BCUT2D eigenvalue weighted by molar-refractivity contribution is -0.384. The summed E-state index contributed by atoms with van der Waals surface area (Å²) < 4.78 is 0. The lowest BCUT2D eigenvalue weighted by Crippen LogP contribution is -2.35. The third-order valence-corrected chi connectivity index (χ3v) is 3.61.